The van der Waals surface area contributed by atoms with Gasteiger partial charge in [-0.3, -0.25) is 9.52 Å². The Morgan fingerprint density at radius 2 is 1.59 bits per heavy atom. The number of hydrogen-bond donors (Lipinski definition) is 2. The molecule has 162 valence electrons. The third-order valence-corrected chi connectivity index (χ3v) is 6.62. The molecule has 0 aliphatic rings. The molecule has 0 unspecified atom stereocenters. The van der Waals surface area contributed by atoms with E-state index in [4.69, 9.17) is 23.2 Å². The molecule has 0 bridgehead atoms. The summed E-state index contributed by atoms with van der Waals surface area (Å²) in [5.41, 5.74) is 0.285. The average Bonchev–Trinajstić information content (AvgIpc) is 2.75. The molecule has 0 atom stereocenters. The van der Waals surface area contributed by atoms with Crippen molar-refractivity contribution in [2.75, 3.05) is 10.0 Å². The van der Waals surface area contributed by atoms with E-state index < -0.39 is 21.7 Å². The van der Waals surface area contributed by atoms with Gasteiger partial charge in [-0.05, 0) is 47.9 Å². The van der Waals surface area contributed by atoms with Crippen molar-refractivity contribution in [2.45, 2.75) is 4.90 Å². The van der Waals surface area contributed by atoms with Crippen LogP contribution in [0.25, 0.3) is 10.8 Å². The second-order valence-corrected chi connectivity index (χ2v) is 9.38. The number of anilines is 2. The lowest BCUT2D eigenvalue weighted by molar-refractivity contribution is 0.102. The van der Waals surface area contributed by atoms with E-state index in [1.165, 1.54) is 30.3 Å². The number of fused-ring (bicyclic) bond motifs is 1. The highest BCUT2D eigenvalue weighted by atomic mass is 35.5. The van der Waals surface area contributed by atoms with Gasteiger partial charge in [0.25, 0.3) is 15.9 Å². The molecule has 0 radical (unpaired) electrons. The van der Waals surface area contributed by atoms with E-state index in [9.17, 15) is 17.6 Å². The van der Waals surface area contributed by atoms with E-state index in [2.05, 4.69) is 10.0 Å². The van der Waals surface area contributed by atoms with Crippen molar-refractivity contribution in [2.24, 2.45) is 0 Å². The highest BCUT2D eigenvalue weighted by Crippen LogP contribution is 2.27. The fraction of sp³-hybridized carbons (Fsp3) is 0. The minimum absolute atomic E-state index is 0.102. The van der Waals surface area contributed by atoms with E-state index in [0.717, 1.165) is 11.5 Å². The van der Waals surface area contributed by atoms with Gasteiger partial charge in [0.2, 0.25) is 0 Å². The van der Waals surface area contributed by atoms with Gasteiger partial charge in [-0.2, -0.15) is 0 Å². The second-order valence-electron chi connectivity index (χ2n) is 6.85. The summed E-state index contributed by atoms with van der Waals surface area (Å²) in [4.78, 5) is 12.1. The van der Waals surface area contributed by atoms with Crippen molar-refractivity contribution in [3.63, 3.8) is 0 Å². The zero-order valence-electron chi connectivity index (χ0n) is 16.3. The van der Waals surface area contributed by atoms with Crippen molar-refractivity contribution >= 4 is 61.3 Å². The predicted molar refractivity (Wildman–Crippen MR) is 126 cm³/mol. The summed E-state index contributed by atoms with van der Waals surface area (Å²) >= 11 is 11.8. The number of nitrogens with one attached hydrogen (secondary N) is 2. The van der Waals surface area contributed by atoms with Crippen LogP contribution in [0.1, 0.15) is 10.4 Å². The Balaban J connectivity index is 1.58. The van der Waals surface area contributed by atoms with Gasteiger partial charge in [-0.1, -0.05) is 59.6 Å². The van der Waals surface area contributed by atoms with Crippen LogP contribution in [0.15, 0.2) is 83.8 Å². The number of benzene rings is 4. The molecule has 0 saturated carbocycles. The quantitative estimate of drug-likeness (QED) is 0.344. The second kappa shape index (κ2) is 8.78. The van der Waals surface area contributed by atoms with Crippen molar-refractivity contribution in [3.05, 3.63) is 100 Å². The van der Waals surface area contributed by atoms with Crippen LogP contribution in [0.4, 0.5) is 15.8 Å². The third kappa shape index (κ3) is 4.55. The van der Waals surface area contributed by atoms with Crippen LogP contribution in [0.3, 0.4) is 0 Å². The zero-order chi connectivity index (χ0) is 22.9. The number of carbonyl (C=O) groups is 1. The maximum absolute atomic E-state index is 14.7. The maximum atomic E-state index is 14.7. The van der Waals surface area contributed by atoms with Gasteiger partial charge in [-0.15, -0.1) is 0 Å². The molecule has 0 spiro atoms. The van der Waals surface area contributed by atoms with Gasteiger partial charge in [-0.25, -0.2) is 12.8 Å². The van der Waals surface area contributed by atoms with E-state index in [1.54, 1.807) is 24.3 Å². The largest absolute Gasteiger partial charge is 0.319 e. The molecular weight excluding hydrogens is 474 g/mol. The Labute approximate surface area is 193 Å². The fourth-order valence-corrected chi connectivity index (χ4v) is 4.73. The first-order valence-corrected chi connectivity index (χ1v) is 11.5. The molecular formula is C23H15Cl2FN2O3S. The Bertz CT molecular complexity index is 1450. The van der Waals surface area contributed by atoms with Crippen molar-refractivity contribution < 1.29 is 17.6 Å². The Hall–Kier alpha value is -3.13. The van der Waals surface area contributed by atoms with Crippen LogP contribution in [-0.4, -0.2) is 14.3 Å². The molecule has 5 nitrogen and oxygen atoms in total. The lowest BCUT2D eigenvalue weighted by Gasteiger charge is -2.12. The van der Waals surface area contributed by atoms with Crippen molar-refractivity contribution in [1.82, 2.24) is 0 Å². The molecule has 0 saturated heterocycles. The smallest absolute Gasteiger partial charge is 0.262 e. The van der Waals surface area contributed by atoms with Crippen LogP contribution in [-0.2, 0) is 10.0 Å². The van der Waals surface area contributed by atoms with Crippen LogP contribution >= 0.6 is 23.2 Å². The summed E-state index contributed by atoms with van der Waals surface area (Å²) in [6.45, 7) is 0. The summed E-state index contributed by atoms with van der Waals surface area (Å²) in [6, 6.07) is 20.0. The van der Waals surface area contributed by atoms with E-state index >= 15 is 0 Å². The van der Waals surface area contributed by atoms with Crippen molar-refractivity contribution in [3.8, 4) is 0 Å². The van der Waals surface area contributed by atoms with Gasteiger partial charge < -0.3 is 5.32 Å². The predicted octanol–water partition coefficient (Wildman–Crippen LogP) is 6.34. The molecule has 4 rings (SSSR count). The van der Waals surface area contributed by atoms with Gasteiger partial charge >= 0.3 is 0 Å². The maximum Gasteiger partial charge on any atom is 0.262 e. The summed E-state index contributed by atoms with van der Waals surface area (Å²) in [5, 5.41) is 4.41. The molecule has 0 aromatic heterocycles. The van der Waals surface area contributed by atoms with E-state index in [-0.39, 0.29) is 21.2 Å². The van der Waals surface area contributed by atoms with Crippen LogP contribution < -0.4 is 10.0 Å². The highest BCUT2D eigenvalue weighted by Gasteiger charge is 2.19. The summed E-state index contributed by atoms with van der Waals surface area (Å²) < 4.78 is 42.8. The molecule has 9 heteroatoms. The minimum Gasteiger partial charge on any atom is -0.319 e. The zero-order valence-corrected chi connectivity index (χ0v) is 18.6. The fourth-order valence-electron chi connectivity index (χ4n) is 3.15. The van der Waals surface area contributed by atoms with E-state index in [1.807, 2.05) is 18.2 Å². The molecule has 4 aromatic carbocycles. The van der Waals surface area contributed by atoms with E-state index in [0.29, 0.717) is 16.1 Å². The van der Waals surface area contributed by atoms with Gasteiger partial charge in [0, 0.05) is 10.4 Å². The SMILES string of the molecule is O=C(Nc1ccc(S(=O)(=O)Nc2cccc3ccccc23)cc1F)c1ccc(Cl)cc1Cl. The standard InChI is InChI=1S/C23H15Cl2FN2O3S/c24-15-8-10-18(19(25)12-15)23(29)27-22-11-9-16(13-20(22)26)32(30,31)28-21-7-3-5-14-4-1-2-6-17(14)21/h1-13,28H,(H,27,29). The average molecular weight is 489 g/mol. The molecule has 1 amide bonds. The number of hydrogen-bond acceptors (Lipinski definition) is 3. The summed E-state index contributed by atoms with van der Waals surface area (Å²) in [5.74, 6) is -1.57. The summed E-state index contributed by atoms with van der Waals surface area (Å²) in [6.07, 6.45) is 0. The van der Waals surface area contributed by atoms with Crippen molar-refractivity contribution in [1.29, 1.82) is 0 Å². The lowest BCUT2D eigenvalue weighted by atomic mass is 10.1. The van der Waals surface area contributed by atoms with Gasteiger partial charge in [0.15, 0.2) is 0 Å². The topological polar surface area (TPSA) is 75.3 Å². The number of rotatable bonds is 5. The first kappa shape index (κ1) is 22.1. The molecule has 32 heavy (non-hydrogen) atoms. The first-order chi connectivity index (χ1) is 15.2. The highest BCUT2D eigenvalue weighted by molar-refractivity contribution is 7.92. The third-order valence-electron chi connectivity index (χ3n) is 4.71. The molecule has 0 aliphatic heterocycles. The normalized spacial score (nSPS) is 11.3. The number of halogens is 3. The van der Waals surface area contributed by atoms with Crippen LogP contribution in [0.2, 0.25) is 10.0 Å². The minimum atomic E-state index is -4.07. The Kier molecular flexibility index (Phi) is 6.06. The molecule has 2 N–H and O–H groups in total. The molecule has 0 aliphatic carbocycles. The monoisotopic (exact) mass is 488 g/mol. The Morgan fingerprint density at radius 3 is 2.34 bits per heavy atom. The van der Waals surface area contributed by atoms with Crippen LogP contribution in [0, 0.1) is 5.82 Å². The first-order valence-electron chi connectivity index (χ1n) is 9.31. The Morgan fingerprint density at radius 1 is 0.844 bits per heavy atom. The van der Waals surface area contributed by atoms with Gasteiger partial charge in [0.1, 0.15) is 5.82 Å². The van der Waals surface area contributed by atoms with Gasteiger partial charge in [0.05, 0.1) is 26.9 Å². The van der Waals surface area contributed by atoms with Crippen LogP contribution in [0.5, 0.6) is 0 Å². The summed E-state index contributed by atoms with van der Waals surface area (Å²) in [7, 11) is -4.07. The number of amides is 1. The molecule has 4 aromatic rings. The number of carbonyl (C=O) groups excluding carboxylic acids is 1. The molecule has 0 fully saturated rings. The lowest BCUT2D eigenvalue weighted by Crippen LogP contribution is -2.16. The number of sulfonamides is 1. The molecule has 0 heterocycles.